The summed E-state index contributed by atoms with van der Waals surface area (Å²) in [7, 11) is -1.23. The van der Waals surface area contributed by atoms with E-state index in [-0.39, 0.29) is 12.6 Å². The van der Waals surface area contributed by atoms with E-state index in [9.17, 15) is 9.90 Å². The summed E-state index contributed by atoms with van der Waals surface area (Å²) in [6.45, 7) is 9.78. The van der Waals surface area contributed by atoms with Crippen LogP contribution in [-0.2, 0) is 22.7 Å². The molecule has 35 heavy (non-hydrogen) atoms. The first-order valence-corrected chi connectivity index (χ1v) is 16.4. The molecule has 3 atom stereocenters. The lowest BCUT2D eigenvalue weighted by Gasteiger charge is -2.26. The summed E-state index contributed by atoms with van der Waals surface area (Å²) in [6, 6.07) is 14.8. The van der Waals surface area contributed by atoms with Crippen LogP contribution in [0.3, 0.4) is 0 Å². The van der Waals surface area contributed by atoms with Gasteiger partial charge >= 0.3 is 5.97 Å². The van der Waals surface area contributed by atoms with E-state index in [2.05, 4.69) is 63.0 Å². The van der Waals surface area contributed by atoms with E-state index in [1.807, 2.05) is 42.5 Å². The van der Waals surface area contributed by atoms with Gasteiger partial charge in [0.1, 0.15) is 11.3 Å². The molecule has 0 aliphatic carbocycles. The predicted octanol–water partition coefficient (Wildman–Crippen LogP) is 5.36. The molecule has 188 valence electrons. The van der Waals surface area contributed by atoms with Crippen molar-refractivity contribution in [1.29, 1.82) is 0 Å². The molecule has 2 heterocycles. The Morgan fingerprint density at radius 3 is 2.54 bits per heavy atom. The number of carboxylic acids is 1. The van der Waals surface area contributed by atoms with Crippen molar-refractivity contribution in [1.82, 2.24) is 25.2 Å². The normalized spacial score (nSPS) is 14.4. The van der Waals surface area contributed by atoms with E-state index in [0.29, 0.717) is 25.3 Å². The van der Waals surface area contributed by atoms with Gasteiger partial charge in [0.15, 0.2) is 5.82 Å². The molecule has 0 bridgehead atoms. The molecule has 0 amide bonds. The summed E-state index contributed by atoms with van der Waals surface area (Å²) in [5.41, 5.74) is 2.03. The molecule has 0 spiro atoms. The van der Waals surface area contributed by atoms with E-state index in [0.717, 1.165) is 21.8 Å². The van der Waals surface area contributed by atoms with Crippen LogP contribution in [0.1, 0.15) is 42.1 Å². The molecule has 0 radical (unpaired) electrons. The summed E-state index contributed by atoms with van der Waals surface area (Å²) in [4.78, 5) is 16.9. The van der Waals surface area contributed by atoms with Crippen molar-refractivity contribution in [3.63, 3.8) is 0 Å². The number of pyridine rings is 1. The van der Waals surface area contributed by atoms with Gasteiger partial charge in [0.25, 0.3) is 0 Å². The number of hydrogen-bond donors (Lipinski definition) is 1. The zero-order chi connectivity index (χ0) is 25.4. The van der Waals surface area contributed by atoms with Crippen molar-refractivity contribution in [2.75, 3.05) is 6.61 Å². The summed E-state index contributed by atoms with van der Waals surface area (Å²) < 4.78 is 8.22. The lowest BCUT2D eigenvalue weighted by Crippen LogP contribution is -2.29. The second-order valence-electron chi connectivity index (χ2n) is 10.2. The first-order chi connectivity index (χ1) is 16.6. The minimum atomic E-state index is -1.23. The molecule has 0 saturated heterocycles. The van der Waals surface area contributed by atoms with Gasteiger partial charge in [-0.25, -0.2) is 9.67 Å². The molecular formula is C25H34BrN5O3Si. The Morgan fingerprint density at radius 2 is 1.91 bits per heavy atom. The van der Waals surface area contributed by atoms with E-state index in [4.69, 9.17) is 4.74 Å². The number of rotatable bonds is 13. The fraction of sp³-hybridized carbons (Fsp3) is 0.480. The number of halogens is 1. The molecule has 10 heteroatoms. The Kier molecular flexibility index (Phi) is 9.70. The van der Waals surface area contributed by atoms with Crippen molar-refractivity contribution < 1.29 is 14.6 Å². The molecular weight excluding hydrogens is 526 g/mol. The average molecular weight is 561 g/mol. The highest BCUT2D eigenvalue weighted by Gasteiger charge is 2.35. The molecule has 0 aliphatic heterocycles. The van der Waals surface area contributed by atoms with Gasteiger partial charge in [-0.15, -0.1) is 5.10 Å². The van der Waals surface area contributed by atoms with Gasteiger partial charge in [0, 0.05) is 26.8 Å². The van der Waals surface area contributed by atoms with Gasteiger partial charge in [-0.3, -0.25) is 4.79 Å². The number of aromatic nitrogens is 5. The van der Waals surface area contributed by atoms with Gasteiger partial charge < -0.3 is 9.84 Å². The molecule has 1 N–H and O–H groups in total. The number of carboxylic acid groups (broad SMARTS) is 1. The number of benzene rings is 1. The third kappa shape index (κ3) is 8.33. The van der Waals surface area contributed by atoms with Crippen molar-refractivity contribution in [2.45, 2.75) is 64.0 Å². The van der Waals surface area contributed by atoms with Crippen LogP contribution in [0.15, 0.2) is 53.3 Å². The first-order valence-electron chi connectivity index (χ1n) is 11.9. The summed E-state index contributed by atoms with van der Waals surface area (Å²) >= 11 is 3.37. The Balaban J connectivity index is 1.87. The molecule has 3 rings (SSSR count). The second-order valence-corrected chi connectivity index (χ2v) is 16.6. The van der Waals surface area contributed by atoms with E-state index < -0.39 is 25.9 Å². The van der Waals surface area contributed by atoms with Crippen LogP contribution in [-0.4, -0.2) is 50.9 Å². The first kappa shape index (κ1) is 27.2. The minimum absolute atomic E-state index is 0.0557. The van der Waals surface area contributed by atoms with Crippen LogP contribution in [0.4, 0.5) is 0 Å². The number of hydrogen-bond acceptors (Lipinski definition) is 6. The molecule has 1 aromatic carbocycles. The molecule has 0 aliphatic rings. The molecule has 0 fully saturated rings. The van der Waals surface area contributed by atoms with E-state index in [1.54, 1.807) is 10.9 Å². The minimum Gasteiger partial charge on any atom is -0.481 e. The van der Waals surface area contributed by atoms with Crippen molar-refractivity contribution in [3.05, 3.63) is 70.2 Å². The monoisotopic (exact) mass is 559 g/mol. The Hall–Kier alpha value is -2.43. The van der Waals surface area contributed by atoms with Gasteiger partial charge in [-0.1, -0.05) is 63.0 Å². The van der Waals surface area contributed by atoms with Crippen molar-refractivity contribution >= 4 is 30.0 Å². The van der Waals surface area contributed by atoms with Crippen LogP contribution in [0, 0.1) is 5.92 Å². The lowest BCUT2D eigenvalue weighted by atomic mass is 9.79. The second kappa shape index (κ2) is 12.5. The van der Waals surface area contributed by atoms with Gasteiger partial charge in [0.05, 0.1) is 5.92 Å². The largest absolute Gasteiger partial charge is 0.481 e. The zero-order valence-electron chi connectivity index (χ0n) is 20.8. The van der Waals surface area contributed by atoms with Gasteiger partial charge in [-0.05, 0) is 68.4 Å². The predicted molar refractivity (Wildman–Crippen MR) is 141 cm³/mol. The Labute approximate surface area is 216 Å². The standard InChI is InChI=1S/C25H34BrN5O3Si/c1-18(20-8-6-5-7-9-20)14-22(25(32)33)21(15-19-10-11-23(26)27-16-19)24-28-29-30-31(24)17-34-12-13-35(2,3)4/h5-11,16,18,21-22H,12-15,17H2,1-4H3,(H,32,33)/t18?,21-,22-/m0/s1. The summed E-state index contributed by atoms with van der Waals surface area (Å²) in [5, 5.41) is 22.6. The quantitative estimate of drug-likeness (QED) is 0.170. The fourth-order valence-corrected chi connectivity index (χ4v) is 5.02. The van der Waals surface area contributed by atoms with Gasteiger partial charge in [0.2, 0.25) is 0 Å². The lowest BCUT2D eigenvalue weighted by molar-refractivity contribution is -0.143. The molecule has 0 saturated carbocycles. The molecule has 8 nitrogen and oxygen atoms in total. The number of ether oxygens (including phenoxy) is 1. The molecule has 3 aromatic rings. The zero-order valence-corrected chi connectivity index (χ0v) is 23.4. The number of nitrogens with zero attached hydrogens (tertiary/aromatic N) is 5. The fourth-order valence-electron chi connectivity index (χ4n) is 4.03. The number of carbonyl (C=O) groups is 1. The van der Waals surface area contributed by atoms with Crippen molar-refractivity contribution in [2.24, 2.45) is 5.92 Å². The molecule has 2 aromatic heterocycles. The maximum atomic E-state index is 12.6. The van der Waals surface area contributed by atoms with Crippen molar-refractivity contribution in [3.8, 4) is 0 Å². The molecule has 1 unspecified atom stereocenters. The highest BCUT2D eigenvalue weighted by Crippen LogP contribution is 2.35. The highest BCUT2D eigenvalue weighted by molar-refractivity contribution is 9.10. The van der Waals surface area contributed by atoms with E-state index >= 15 is 0 Å². The third-order valence-corrected chi connectivity index (χ3v) is 8.30. The third-order valence-electron chi connectivity index (χ3n) is 6.12. The average Bonchev–Trinajstić information content (AvgIpc) is 3.28. The topological polar surface area (TPSA) is 103 Å². The van der Waals surface area contributed by atoms with Crippen LogP contribution in [0.2, 0.25) is 25.7 Å². The Bertz CT molecular complexity index is 1070. The summed E-state index contributed by atoms with van der Waals surface area (Å²) in [6.07, 6.45) is 2.67. The number of aliphatic carboxylic acids is 1. The van der Waals surface area contributed by atoms with Gasteiger partial charge in [-0.2, -0.15) is 0 Å². The maximum absolute atomic E-state index is 12.6. The van der Waals surface area contributed by atoms with Crippen LogP contribution in [0.5, 0.6) is 0 Å². The van der Waals surface area contributed by atoms with Crippen LogP contribution in [0.25, 0.3) is 0 Å². The highest BCUT2D eigenvalue weighted by atomic mass is 79.9. The SMILES string of the molecule is CC(C[C@H](C(=O)O)[C@H](Cc1ccc(Br)nc1)c1nnnn1COCC[Si](C)(C)C)c1ccccc1. The summed E-state index contributed by atoms with van der Waals surface area (Å²) in [5.74, 6) is -1.43. The Morgan fingerprint density at radius 1 is 1.17 bits per heavy atom. The van der Waals surface area contributed by atoms with E-state index in [1.165, 1.54) is 0 Å². The van der Waals surface area contributed by atoms with Crippen LogP contribution >= 0.6 is 15.9 Å². The number of tetrazole rings is 1. The van der Waals surface area contributed by atoms with Crippen LogP contribution < -0.4 is 0 Å². The maximum Gasteiger partial charge on any atom is 0.307 e. The smallest absolute Gasteiger partial charge is 0.307 e.